The van der Waals surface area contributed by atoms with Gasteiger partial charge in [-0.3, -0.25) is 14.9 Å². The Balaban J connectivity index is 1.83. The van der Waals surface area contributed by atoms with E-state index in [4.69, 9.17) is 4.74 Å². The van der Waals surface area contributed by atoms with Crippen LogP contribution in [0.1, 0.15) is 42.6 Å². The maximum atomic E-state index is 12.7. The van der Waals surface area contributed by atoms with E-state index in [2.05, 4.69) is 0 Å². The normalized spacial score (nSPS) is 14.0. The Bertz CT molecular complexity index is 965. The lowest BCUT2D eigenvalue weighted by Gasteiger charge is -2.35. The number of nitro benzene ring substituents is 1. The van der Waals surface area contributed by atoms with Crippen LogP contribution in [0.4, 0.5) is 11.4 Å². The van der Waals surface area contributed by atoms with Crippen molar-refractivity contribution < 1.29 is 19.2 Å². The molecule has 0 atom stereocenters. The number of amides is 1. The zero-order chi connectivity index (χ0) is 21.8. The molecule has 0 N–H and O–H groups in total. The monoisotopic (exact) mass is 411 g/mol. The highest BCUT2D eigenvalue weighted by atomic mass is 16.6. The average Bonchev–Trinajstić information content (AvgIpc) is 2.73. The van der Waals surface area contributed by atoms with E-state index in [0.29, 0.717) is 37.6 Å². The van der Waals surface area contributed by atoms with Crippen LogP contribution >= 0.6 is 0 Å². The van der Waals surface area contributed by atoms with Gasteiger partial charge in [0.25, 0.3) is 5.69 Å². The van der Waals surface area contributed by atoms with Gasteiger partial charge in [-0.15, -0.1) is 0 Å². The van der Waals surface area contributed by atoms with E-state index >= 15 is 0 Å². The van der Waals surface area contributed by atoms with Crippen molar-refractivity contribution in [2.24, 2.45) is 0 Å². The third-order valence-corrected chi connectivity index (χ3v) is 5.22. The Morgan fingerprint density at radius 1 is 1.07 bits per heavy atom. The molecule has 1 heterocycles. The molecule has 8 heteroatoms. The number of para-hydroxylation sites is 1. The minimum absolute atomic E-state index is 0.0103. The van der Waals surface area contributed by atoms with Crippen LogP contribution in [-0.2, 0) is 4.79 Å². The van der Waals surface area contributed by atoms with Crippen molar-refractivity contribution in [3.05, 3.63) is 63.7 Å². The molecule has 1 saturated heterocycles. The van der Waals surface area contributed by atoms with Gasteiger partial charge >= 0.3 is 5.97 Å². The molecule has 0 saturated carbocycles. The van der Waals surface area contributed by atoms with Crippen molar-refractivity contribution >= 4 is 23.3 Å². The molecular formula is C22H25N3O5. The lowest BCUT2D eigenvalue weighted by molar-refractivity contribution is -0.384. The van der Waals surface area contributed by atoms with Gasteiger partial charge in [-0.05, 0) is 29.7 Å². The maximum Gasteiger partial charge on any atom is 0.343 e. The molecule has 30 heavy (non-hydrogen) atoms. The highest BCUT2D eigenvalue weighted by molar-refractivity contribution is 5.93. The molecule has 0 radical (unpaired) electrons. The summed E-state index contributed by atoms with van der Waals surface area (Å²) in [7, 11) is 0. The summed E-state index contributed by atoms with van der Waals surface area (Å²) in [5.74, 6) is -0.0352. The van der Waals surface area contributed by atoms with Gasteiger partial charge in [-0.1, -0.05) is 32.0 Å². The molecule has 0 spiro atoms. The number of ether oxygens (including phenoxy) is 1. The van der Waals surface area contributed by atoms with Crippen molar-refractivity contribution in [1.82, 2.24) is 4.90 Å². The van der Waals surface area contributed by atoms with Crippen LogP contribution in [0.5, 0.6) is 5.75 Å². The number of carbonyl (C=O) groups is 2. The summed E-state index contributed by atoms with van der Waals surface area (Å²) in [6.07, 6.45) is 0. The van der Waals surface area contributed by atoms with Gasteiger partial charge < -0.3 is 14.5 Å². The van der Waals surface area contributed by atoms with Crippen LogP contribution in [0.25, 0.3) is 0 Å². The molecule has 3 rings (SSSR count). The summed E-state index contributed by atoms with van der Waals surface area (Å²) in [6.45, 7) is 7.49. The van der Waals surface area contributed by atoms with Crippen LogP contribution in [-0.4, -0.2) is 47.9 Å². The number of nitrogens with zero attached hydrogens (tertiary/aromatic N) is 3. The number of esters is 1. The standard InChI is InChI=1S/C22H25N3O5/c1-15(2)18-6-4-5-7-21(18)30-22(27)17-8-9-19(20(14-17)25(28)29)24-12-10-23(11-13-24)16(3)26/h4-9,14-15H,10-13H2,1-3H3. The molecule has 0 aromatic heterocycles. The zero-order valence-corrected chi connectivity index (χ0v) is 17.3. The Morgan fingerprint density at radius 2 is 1.73 bits per heavy atom. The van der Waals surface area contributed by atoms with Crippen LogP contribution in [0, 0.1) is 10.1 Å². The first kappa shape index (κ1) is 21.3. The molecule has 2 aromatic carbocycles. The molecule has 8 nitrogen and oxygen atoms in total. The van der Waals surface area contributed by atoms with E-state index in [1.165, 1.54) is 13.0 Å². The lowest BCUT2D eigenvalue weighted by Crippen LogP contribution is -2.48. The van der Waals surface area contributed by atoms with E-state index in [1.54, 1.807) is 29.2 Å². The van der Waals surface area contributed by atoms with Crippen molar-refractivity contribution in [2.45, 2.75) is 26.7 Å². The first-order valence-electron chi connectivity index (χ1n) is 9.88. The number of benzene rings is 2. The van der Waals surface area contributed by atoms with Crippen LogP contribution in [0.3, 0.4) is 0 Å². The third kappa shape index (κ3) is 4.59. The molecule has 0 aliphatic carbocycles. The quantitative estimate of drug-likeness (QED) is 0.323. The second-order valence-corrected chi connectivity index (χ2v) is 7.54. The molecule has 1 aliphatic heterocycles. The minimum atomic E-state index is -0.640. The Hall–Kier alpha value is -3.42. The minimum Gasteiger partial charge on any atom is -0.423 e. The lowest BCUT2D eigenvalue weighted by atomic mass is 10.0. The van der Waals surface area contributed by atoms with Crippen molar-refractivity contribution in [3.63, 3.8) is 0 Å². The number of hydrogen-bond acceptors (Lipinski definition) is 6. The van der Waals surface area contributed by atoms with Crippen LogP contribution in [0.2, 0.25) is 0 Å². The Morgan fingerprint density at radius 3 is 2.33 bits per heavy atom. The molecule has 1 aliphatic rings. The number of rotatable bonds is 5. The molecular weight excluding hydrogens is 386 g/mol. The highest BCUT2D eigenvalue weighted by Crippen LogP contribution is 2.31. The fraction of sp³-hybridized carbons (Fsp3) is 0.364. The van der Waals surface area contributed by atoms with Gasteiger partial charge in [-0.2, -0.15) is 0 Å². The molecule has 0 unspecified atom stereocenters. The first-order valence-corrected chi connectivity index (χ1v) is 9.88. The van der Waals surface area contributed by atoms with Crippen LogP contribution < -0.4 is 9.64 Å². The first-order chi connectivity index (χ1) is 14.3. The summed E-state index contributed by atoms with van der Waals surface area (Å²) in [5, 5.41) is 11.7. The summed E-state index contributed by atoms with van der Waals surface area (Å²) in [5.41, 5.74) is 1.28. The predicted octanol–water partition coefficient (Wildman–Crippen LogP) is 3.61. The number of carbonyl (C=O) groups excluding carboxylic acids is 2. The fourth-order valence-corrected chi connectivity index (χ4v) is 3.54. The number of piperazine rings is 1. The van der Waals surface area contributed by atoms with E-state index in [1.807, 2.05) is 30.9 Å². The molecule has 1 fully saturated rings. The van der Waals surface area contributed by atoms with Gasteiger partial charge in [0, 0.05) is 39.2 Å². The second-order valence-electron chi connectivity index (χ2n) is 7.54. The van der Waals surface area contributed by atoms with Gasteiger partial charge in [0.1, 0.15) is 11.4 Å². The molecule has 2 aromatic rings. The van der Waals surface area contributed by atoms with Gasteiger partial charge in [-0.25, -0.2) is 4.79 Å². The summed E-state index contributed by atoms with van der Waals surface area (Å²) in [4.78, 5) is 38.9. The summed E-state index contributed by atoms with van der Waals surface area (Å²) in [6, 6.07) is 11.6. The maximum absolute atomic E-state index is 12.7. The summed E-state index contributed by atoms with van der Waals surface area (Å²) < 4.78 is 5.53. The molecule has 1 amide bonds. The Labute approximate surface area is 175 Å². The second kappa shape index (κ2) is 8.94. The summed E-state index contributed by atoms with van der Waals surface area (Å²) >= 11 is 0. The average molecular weight is 411 g/mol. The van der Waals surface area contributed by atoms with Gasteiger partial charge in [0.05, 0.1) is 10.5 Å². The van der Waals surface area contributed by atoms with E-state index in [-0.39, 0.29) is 23.1 Å². The van der Waals surface area contributed by atoms with Crippen molar-refractivity contribution in [1.29, 1.82) is 0 Å². The fourth-order valence-electron chi connectivity index (χ4n) is 3.54. The molecule has 0 bridgehead atoms. The highest BCUT2D eigenvalue weighted by Gasteiger charge is 2.26. The van der Waals surface area contributed by atoms with Gasteiger partial charge in [0.15, 0.2) is 0 Å². The third-order valence-electron chi connectivity index (χ3n) is 5.22. The Kier molecular flexibility index (Phi) is 6.34. The van der Waals surface area contributed by atoms with Crippen molar-refractivity contribution in [2.75, 3.05) is 31.1 Å². The molecule has 158 valence electrons. The van der Waals surface area contributed by atoms with E-state index in [9.17, 15) is 19.7 Å². The zero-order valence-electron chi connectivity index (χ0n) is 17.3. The predicted molar refractivity (Wildman–Crippen MR) is 113 cm³/mol. The number of hydrogen-bond donors (Lipinski definition) is 0. The number of anilines is 1. The van der Waals surface area contributed by atoms with Crippen molar-refractivity contribution in [3.8, 4) is 5.75 Å². The van der Waals surface area contributed by atoms with Gasteiger partial charge in [0.2, 0.25) is 5.91 Å². The largest absolute Gasteiger partial charge is 0.423 e. The number of nitro groups is 1. The SMILES string of the molecule is CC(=O)N1CCN(c2ccc(C(=O)Oc3ccccc3C(C)C)cc2[N+](=O)[O-])CC1. The van der Waals surface area contributed by atoms with E-state index in [0.717, 1.165) is 5.56 Å². The van der Waals surface area contributed by atoms with E-state index < -0.39 is 10.9 Å². The van der Waals surface area contributed by atoms with Crippen LogP contribution in [0.15, 0.2) is 42.5 Å². The topological polar surface area (TPSA) is 93.0 Å². The smallest absolute Gasteiger partial charge is 0.343 e.